The van der Waals surface area contributed by atoms with E-state index in [-0.39, 0.29) is 0 Å². The van der Waals surface area contributed by atoms with E-state index in [1.807, 2.05) is 0 Å². The summed E-state index contributed by atoms with van der Waals surface area (Å²) in [6, 6.07) is 7.10. The van der Waals surface area contributed by atoms with Gasteiger partial charge < -0.3 is 4.98 Å². The van der Waals surface area contributed by atoms with Crippen LogP contribution in [0.5, 0.6) is 0 Å². The molecular formula is C22H25NO. The third-order valence-electron chi connectivity index (χ3n) is 7.67. The fraction of sp³-hybridized carbons (Fsp3) is 0.591. The van der Waals surface area contributed by atoms with Crippen molar-refractivity contribution in [2.24, 2.45) is 17.8 Å². The van der Waals surface area contributed by atoms with Crippen molar-refractivity contribution in [1.29, 1.82) is 0 Å². The molecule has 0 atom stereocenters. The first-order valence-corrected chi connectivity index (χ1v) is 9.88. The summed E-state index contributed by atoms with van der Waals surface area (Å²) in [5, 5.41) is 1.34. The predicted molar refractivity (Wildman–Crippen MR) is 95.4 cm³/mol. The number of nitrogens with one attached hydrogen (secondary N) is 1. The quantitative estimate of drug-likeness (QED) is 0.774. The van der Waals surface area contributed by atoms with E-state index in [1.54, 1.807) is 5.56 Å². The predicted octanol–water partition coefficient (Wildman–Crippen LogP) is 5.15. The summed E-state index contributed by atoms with van der Waals surface area (Å²) >= 11 is 0. The highest BCUT2D eigenvalue weighted by atomic mass is 16.1. The van der Waals surface area contributed by atoms with Crippen LogP contribution in [0.3, 0.4) is 0 Å². The molecule has 24 heavy (non-hydrogen) atoms. The molecule has 124 valence electrons. The zero-order valence-electron chi connectivity index (χ0n) is 14.2. The van der Waals surface area contributed by atoms with Crippen LogP contribution in [0.25, 0.3) is 10.9 Å². The van der Waals surface area contributed by atoms with E-state index in [1.165, 1.54) is 55.0 Å². The van der Waals surface area contributed by atoms with E-state index in [2.05, 4.69) is 23.2 Å². The molecule has 2 heteroatoms. The molecule has 2 aromatic rings. The number of H-pyrrole nitrogens is 1. The second-order valence-electron chi connectivity index (χ2n) is 9.21. The molecule has 4 saturated carbocycles. The summed E-state index contributed by atoms with van der Waals surface area (Å²) in [5.41, 5.74) is 5.40. The first kappa shape index (κ1) is 13.7. The largest absolute Gasteiger partial charge is 0.352 e. The van der Waals surface area contributed by atoms with E-state index in [0.29, 0.717) is 17.6 Å². The van der Waals surface area contributed by atoms with Crippen LogP contribution < -0.4 is 0 Å². The van der Waals surface area contributed by atoms with Crippen molar-refractivity contribution >= 4 is 16.7 Å². The number of Topliss-reactive ketones (excluding diaryl/α,β-unsaturated/α-hetero) is 1. The van der Waals surface area contributed by atoms with Crippen LogP contribution in [0.2, 0.25) is 0 Å². The zero-order chi connectivity index (χ0) is 15.9. The van der Waals surface area contributed by atoms with Gasteiger partial charge in [0.1, 0.15) is 0 Å². The van der Waals surface area contributed by atoms with E-state index >= 15 is 0 Å². The first-order chi connectivity index (χ1) is 11.7. The molecular weight excluding hydrogens is 294 g/mol. The molecule has 0 amide bonds. The molecule has 2 nitrogen and oxygen atoms in total. The number of aromatic nitrogens is 1. The molecule has 5 aliphatic rings. The minimum atomic E-state index is 0.309. The van der Waals surface area contributed by atoms with Gasteiger partial charge in [0.2, 0.25) is 0 Å². The smallest absolute Gasteiger partial charge is 0.179 e. The lowest BCUT2D eigenvalue weighted by atomic mass is 9.48. The highest BCUT2D eigenvalue weighted by Crippen LogP contribution is 2.60. The number of hydrogen-bond donors (Lipinski definition) is 1. The number of aromatic amines is 1. The molecule has 1 aromatic carbocycles. The van der Waals surface area contributed by atoms with Gasteiger partial charge in [-0.2, -0.15) is 0 Å². The Morgan fingerprint density at radius 3 is 2.38 bits per heavy atom. The van der Waals surface area contributed by atoms with E-state index in [4.69, 9.17) is 0 Å². The van der Waals surface area contributed by atoms with Crippen molar-refractivity contribution in [3.63, 3.8) is 0 Å². The Bertz CT molecular complexity index is 823. The van der Waals surface area contributed by atoms with Crippen LogP contribution in [-0.4, -0.2) is 10.8 Å². The van der Waals surface area contributed by atoms with Crippen LogP contribution >= 0.6 is 0 Å². The molecule has 1 N–H and O–H groups in total. The Balaban J connectivity index is 1.50. The molecule has 1 aromatic heterocycles. The van der Waals surface area contributed by atoms with E-state index in [0.717, 1.165) is 36.3 Å². The maximum absolute atomic E-state index is 12.2. The number of carbonyl (C=O) groups is 1. The molecule has 1 heterocycles. The summed E-state index contributed by atoms with van der Waals surface area (Å²) in [6.45, 7) is 0. The van der Waals surface area contributed by atoms with Gasteiger partial charge in [0.15, 0.2) is 5.78 Å². The van der Waals surface area contributed by atoms with Gasteiger partial charge in [0.05, 0.1) is 5.69 Å². The lowest BCUT2D eigenvalue weighted by molar-refractivity contribution is -0.00513. The SMILES string of the molecule is O=C1CCCc2c1[nH]c1ccc(C34CC5CC(CC(C5)C3)C4)cc21. The van der Waals surface area contributed by atoms with Gasteiger partial charge in [-0.1, -0.05) is 6.07 Å². The second kappa shape index (κ2) is 4.53. The maximum atomic E-state index is 12.2. The standard InChI is InChI=1S/C22H25NO/c24-20-3-1-2-17-18-9-16(4-5-19(18)23-21(17)20)22-10-13-6-14(11-22)8-15(7-13)12-22/h4-5,9,13-15,23H,1-3,6-8,10-12H2. The molecule has 7 rings (SSSR count). The Morgan fingerprint density at radius 2 is 1.67 bits per heavy atom. The van der Waals surface area contributed by atoms with Crippen LogP contribution in [-0.2, 0) is 11.8 Å². The van der Waals surface area contributed by atoms with Gasteiger partial charge in [-0.15, -0.1) is 0 Å². The number of aryl methyl sites for hydroxylation is 1. The lowest BCUT2D eigenvalue weighted by Crippen LogP contribution is -2.48. The molecule has 4 bridgehead atoms. The number of hydrogen-bond acceptors (Lipinski definition) is 1. The van der Waals surface area contributed by atoms with Gasteiger partial charge in [-0.05, 0) is 97.8 Å². The Hall–Kier alpha value is -1.57. The third kappa shape index (κ3) is 1.75. The fourth-order valence-corrected chi connectivity index (χ4v) is 7.09. The Kier molecular flexibility index (Phi) is 2.58. The third-order valence-corrected chi connectivity index (χ3v) is 7.67. The van der Waals surface area contributed by atoms with Crippen molar-refractivity contribution < 1.29 is 4.79 Å². The van der Waals surface area contributed by atoms with E-state index in [9.17, 15) is 4.79 Å². The summed E-state index contributed by atoms with van der Waals surface area (Å²) in [5.74, 6) is 3.25. The highest BCUT2D eigenvalue weighted by Gasteiger charge is 2.51. The summed E-state index contributed by atoms with van der Waals surface area (Å²) < 4.78 is 0. The molecule has 0 aliphatic heterocycles. The molecule has 4 fully saturated rings. The maximum Gasteiger partial charge on any atom is 0.179 e. The Labute approximate surface area is 143 Å². The van der Waals surface area contributed by atoms with Gasteiger partial charge in [0, 0.05) is 17.3 Å². The van der Waals surface area contributed by atoms with Crippen LogP contribution in [0.4, 0.5) is 0 Å². The van der Waals surface area contributed by atoms with Crippen LogP contribution in [0.1, 0.15) is 73.0 Å². The molecule has 5 aliphatic carbocycles. The minimum Gasteiger partial charge on any atom is -0.352 e. The number of benzene rings is 1. The molecule has 0 saturated heterocycles. The average Bonchev–Trinajstić information content (AvgIpc) is 2.93. The molecule has 0 unspecified atom stereocenters. The monoisotopic (exact) mass is 319 g/mol. The molecule has 0 spiro atoms. The summed E-state index contributed by atoms with van der Waals surface area (Å²) in [4.78, 5) is 15.6. The van der Waals surface area contributed by atoms with Gasteiger partial charge >= 0.3 is 0 Å². The van der Waals surface area contributed by atoms with Gasteiger partial charge in [-0.3, -0.25) is 4.79 Å². The molecule has 0 radical (unpaired) electrons. The number of fused-ring (bicyclic) bond motifs is 3. The van der Waals surface area contributed by atoms with Crippen molar-refractivity contribution in [3.05, 3.63) is 35.0 Å². The average molecular weight is 319 g/mol. The second-order valence-corrected chi connectivity index (χ2v) is 9.21. The minimum absolute atomic E-state index is 0.309. The summed E-state index contributed by atoms with van der Waals surface area (Å²) in [6.07, 6.45) is 11.5. The van der Waals surface area contributed by atoms with Crippen molar-refractivity contribution in [2.45, 2.75) is 63.2 Å². The van der Waals surface area contributed by atoms with Crippen molar-refractivity contribution in [2.75, 3.05) is 0 Å². The van der Waals surface area contributed by atoms with E-state index < -0.39 is 0 Å². The Morgan fingerprint density at radius 1 is 0.958 bits per heavy atom. The topological polar surface area (TPSA) is 32.9 Å². The number of ketones is 1. The number of rotatable bonds is 1. The lowest BCUT2D eigenvalue weighted by Gasteiger charge is -2.57. The van der Waals surface area contributed by atoms with Crippen molar-refractivity contribution in [1.82, 2.24) is 4.98 Å². The number of carbonyl (C=O) groups excluding carboxylic acids is 1. The van der Waals surface area contributed by atoms with Crippen LogP contribution in [0.15, 0.2) is 18.2 Å². The van der Waals surface area contributed by atoms with Gasteiger partial charge in [-0.25, -0.2) is 0 Å². The zero-order valence-corrected chi connectivity index (χ0v) is 14.2. The van der Waals surface area contributed by atoms with Crippen LogP contribution in [0, 0.1) is 17.8 Å². The van der Waals surface area contributed by atoms with Gasteiger partial charge in [0.25, 0.3) is 0 Å². The van der Waals surface area contributed by atoms with Crippen molar-refractivity contribution in [3.8, 4) is 0 Å². The highest BCUT2D eigenvalue weighted by molar-refractivity contribution is 6.03. The fourth-order valence-electron chi connectivity index (χ4n) is 7.09. The normalized spacial score (nSPS) is 37.2. The summed E-state index contributed by atoms with van der Waals surface area (Å²) in [7, 11) is 0. The first-order valence-electron chi connectivity index (χ1n) is 9.88.